The SMILES string of the molecule is CC(C)(C)C1CN(Cc2ccccc2Br)C1. The third kappa shape index (κ3) is 2.67. The minimum atomic E-state index is 0.463. The van der Waals surface area contributed by atoms with Gasteiger partial charge in [0.2, 0.25) is 0 Å². The number of halogens is 1. The molecule has 1 heterocycles. The second-order valence-electron chi connectivity index (χ2n) is 5.85. The first-order valence-corrected chi connectivity index (χ1v) is 6.72. The Morgan fingerprint density at radius 2 is 1.88 bits per heavy atom. The molecule has 0 atom stereocenters. The predicted molar refractivity (Wildman–Crippen MR) is 72.4 cm³/mol. The van der Waals surface area contributed by atoms with Crippen molar-refractivity contribution in [2.75, 3.05) is 13.1 Å². The summed E-state index contributed by atoms with van der Waals surface area (Å²) >= 11 is 3.61. The Bertz CT molecular complexity index is 361. The molecule has 2 rings (SSSR count). The van der Waals surface area contributed by atoms with Crippen LogP contribution in [0.4, 0.5) is 0 Å². The fraction of sp³-hybridized carbons (Fsp3) is 0.571. The number of hydrogen-bond donors (Lipinski definition) is 0. The van der Waals surface area contributed by atoms with Crippen molar-refractivity contribution in [2.24, 2.45) is 11.3 Å². The maximum atomic E-state index is 3.61. The Morgan fingerprint density at radius 1 is 1.25 bits per heavy atom. The van der Waals surface area contributed by atoms with Gasteiger partial charge < -0.3 is 0 Å². The van der Waals surface area contributed by atoms with E-state index in [1.807, 2.05) is 0 Å². The van der Waals surface area contributed by atoms with E-state index < -0.39 is 0 Å². The molecule has 1 aromatic rings. The third-order valence-corrected chi connectivity index (χ3v) is 4.31. The van der Waals surface area contributed by atoms with E-state index in [-0.39, 0.29) is 0 Å². The first-order chi connectivity index (χ1) is 7.47. The molecular formula is C14H20BrN. The van der Waals surface area contributed by atoms with Crippen molar-refractivity contribution >= 4 is 15.9 Å². The molecule has 0 bridgehead atoms. The van der Waals surface area contributed by atoms with Crippen LogP contribution in [0.1, 0.15) is 26.3 Å². The van der Waals surface area contributed by atoms with Crippen molar-refractivity contribution in [2.45, 2.75) is 27.3 Å². The minimum Gasteiger partial charge on any atom is -0.298 e. The number of hydrogen-bond acceptors (Lipinski definition) is 1. The largest absolute Gasteiger partial charge is 0.298 e. The molecule has 2 heteroatoms. The van der Waals surface area contributed by atoms with Gasteiger partial charge in [0.05, 0.1) is 0 Å². The summed E-state index contributed by atoms with van der Waals surface area (Å²) in [6.45, 7) is 10.6. The summed E-state index contributed by atoms with van der Waals surface area (Å²) in [4.78, 5) is 2.52. The molecule has 0 N–H and O–H groups in total. The molecule has 1 saturated heterocycles. The molecule has 0 spiro atoms. The van der Waals surface area contributed by atoms with Crippen molar-refractivity contribution in [3.8, 4) is 0 Å². The molecule has 1 aromatic carbocycles. The van der Waals surface area contributed by atoms with Gasteiger partial charge >= 0.3 is 0 Å². The molecule has 1 aliphatic rings. The van der Waals surface area contributed by atoms with E-state index in [9.17, 15) is 0 Å². The summed E-state index contributed by atoms with van der Waals surface area (Å²) in [7, 11) is 0. The Kier molecular flexibility index (Phi) is 3.41. The summed E-state index contributed by atoms with van der Waals surface area (Å²) < 4.78 is 1.23. The van der Waals surface area contributed by atoms with Gasteiger partial charge in [-0.1, -0.05) is 54.9 Å². The molecule has 0 aliphatic carbocycles. The van der Waals surface area contributed by atoms with E-state index >= 15 is 0 Å². The maximum absolute atomic E-state index is 3.61. The number of benzene rings is 1. The van der Waals surface area contributed by atoms with Crippen molar-refractivity contribution in [3.63, 3.8) is 0 Å². The molecule has 1 fully saturated rings. The lowest BCUT2D eigenvalue weighted by atomic mass is 9.76. The molecule has 0 aromatic heterocycles. The van der Waals surface area contributed by atoms with Crippen LogP contribution in [0.5, 0.6) is 0 Å². The molecule has 0 radical (unpaired) electrons. The van der Waals surface area contributed by atoms with Crippen LogP contribution in [0.2, 0.25) is 0 Å². The lowest BCUT2D eigenvalue weighted by Crippen LogP contribution is -2.51. The summed E-state index contributed by atoms with van der Waals surface area (Å²) in [5.41, 5.74) is 1.86. The van der Waals surface area contributed by atoms with Crippen molar-refractivity contribution < 1.29 is 0 Å². The van der Waals surface area contributed by atoms with Crippen LogP contribution in [0.15, 0.2) is 28.7 Å². The van der Waals surface area contributed by atoms with Gasteiger partial charge in [0, 0.05) is 24.1 Å². The highest BCUT2D eigenvalue weighted by Gasteiger charge is 2.35. The molecule has 0 amide bonds. The van der Waals surface area contributed by atoms with E-state index in [4.69, 9.17) is 0 Å². The summed E-state index contributed by atoms with van der Waals surface area (Å²) in [6, 6.07) is 8.51. The van der Waals surface area contributed by atoms with Gasteiger partial charge in [-0.3, -0.25) is 4.90 Å². The van der Waals surface area contributed by atoms with E-state index in [0.717, 1.165) is 12.5 Å². The van der Waals surface area contributed by atoms with E-state index in [1.54, 1.807) is 0 Å². The number of likely N-dealkylation sites (tertiary alicyclic amines) is 1. The van der Waals surface area contributed by atoms with Crippen LogP contribution in [-0.4, -0.2) is 18.0 Å². The zero-order chi connectivity index (χ0) is 11.8. The van der Waals surface area contributed by atoms with Gasteiger partial charge in [-0.25, -0.2) is 0 Å². The fourth-order valence-corrected chi connectivity index (χ4v) is 2.52. The number of nitrogens with zero attached hydrogens (tertiary/aromatic N) is 1. The normalized spacial score (nSPS) is 18.5. The lowest BCUT2D eigenvalue weighted by molar-refractivity contribution is 0.0188. The van der Waals surface area contributed by atoms with Gasteiger partial charge in [0.25, 0.3) is 0 Å². The first kappa shape index (κ1) is 12.1. The van der Waals surface area contributed by atoms with E-state index in [1.165, 1.54) is 23.1 Å². The van der Waals surface area contributed by atoms with E-state index in [2.05, 4.69) is 65.9 Å². The molecular weight excluding hydrogens is 262 g/mol. The smallest absolute Gasteiger partial charge is 0.0245 e. The number of rotatable bonds is 2. The average Bonchev–Trinajstić information content (AvgIpc) is 2.11. The molecule has 0 unspecified atom stereocenters. The molecule has 16 heavy (non-hydrogen) atoms. The van der Waals surface area contributed by atoms with Crippen LogP contribution in [0.3, 0.4) is 0 Å². The van der Waals surface area contributed by atoms with Gasteiger partial charge in [0.15, 0.2) is 0 Å². The van der Waals surface area contributed by atoms with Crippen LogP contribution in [0.25, 0.3) is 0 Å². The third-order valence-electron chi connectivity index (χ3n) is 3.53. The highest BCUT2D eigenvalue weighted by atomic mass is 79.9. The average molecular weight is 282 g/mol. The van der Waals surface area contributed by atoms with Crippen molar-refractivity contribution in [3.05, 3.63) is 34.3 Å². The summed E-state index contributed by atoms with van der Waals surface area (Å²) in [6.07, 6.45) is 0. The van der Waals surface area contributed by atoms with Crippen LogP contribution >= 0.6 is 15.9 Å². The lowest BCUT2D eigenvalue weighted by Gasteiger charge is -2.46. The van der Waals surface area contributed by atoms with Crippen LogP contribution < -0.4 is 0 Å². The Hall–Kier alpha value is -0.340. The minimum absolute atomic E-state index is 0.463. The van der Waals surface area contributed by atoms with Crippen LogP contribution in [-0.2, 0) is 6.54 Å². The van der Waals surface area contributed by atoms with Crippen molar-refractivity contribution in [1.29, 1.82) is 0 Å². The van der Waals surface area contributed by atoms with Gasteiger partial charge in [-0.15, -0.1) is 0 Å². The second-order valence-corrected chi connectivity index (χ2v) is 6.70. The monoisotopic (exact) mass is 281 g/mol. The van der Waals surface area contributed by atoms with E-state index in [0.29, 0.717) is 5.41 Å². The van der Waals surface area contributed by atoms with Gasteiger partial charge in [-0.2, -0.15) is 0 Å². The van der Waals surface area contributed by atoms with Crippen molar-refractivity contribution in [1.82, 2.24) is 4.90 Å². The topological polar surface area (TPSA) is 3.24 Å². The highest BCUT2D eigenvalue weighted by Crippen LogP contribution is 2.34. The Balaban J connectivity index is 1.89. The highest BCUT2D eigenvalue weighted by molar-refractivity contribution is 9.10. The zero-order valence-electron chi connectivity index (χ0n) is 10.3. The quantitative estimate of drug-likeness (QED) is 0.794. The standard InChI is InChI=1S/C14H20BrN/c1-14(2,3)12-9-16(10-12)8-11-6-4-5-7-13(11)15/h4-7,12H,8-10H2,1-3H3. The zero-order valence-corrected chi connectivity index (χ0v) is 11.9. The molecule has 1 aliphatic heterocycles. The van der Waals surface area contributed by atoms with Crippen LogP contribution in [0, 0.1) is 11.3 Å². The second kappa shape index (κ2) is 4.50. The maximum Gasteiger partial charge on any atom is 0.0245 e. The fourth-order valence-electron chi connectivity index (χ4n) is 2.11. The van der Waals surface area contributed by atoms with Gasteiger partial charge in [0.1, 0.15) is 0 Å². The molecule has 88 valence electrons. The Morgan fingerprint density at radius 3 is 2.44 bits per heavy atom. The summed E-state index contributed by atoms with van der Waals surface area (Å²) in [5.74, 6) is 0.856. The molecule has 0 saturated carbocycles. The van der Waals surface area contributed by atoms with Gasteiger partial charge in [-0.05, 0) is 23.0 Å². The Labute approximate surface area is 107 Å². The first-order valence-electron chi connectivity index (χ1n) is 5.92. The summed E-state index contributed by atoms with van der Waals surface area (Å²) in [5, 5.41) is 0. The predicted octanol–water partition coefficient (Wildman–Crippen LogP) is 3.93. The molecule has 1 nitrogen and oxygen atoms in total.